The van der Waals surface area contributed by atoms with E-state index in [2.05, 4.69) is 55.6 Å². The smallest absolute Gasteiger partial charge is 0.221 e. The molecule has 1 fully saturated rings. The second-order valence-electron chi connectivity index (χ2n) is 5.45. The Kier molecular flexibility index (Phi) is 2.40. The number of amides is 1. The van der Waals surface area contributed by atoms with E-state index in [0.717, 1.165) is 0 Å². The number of carbonyl (C=O) groups is 1. The Hall–Kier alpha value is -1.83. The van der Waals surface area contributed by atoms with Crippen LogP contribution >= 0.6 is 0 Å². The molecule has 0 spiro atoms. The fraction of sp³-hybridized carbons (Fsp3) is 0.312. The summed E-state index contributed by atoms with van der Waals surface area (Å²) < 4.78 is 0. The summed E-state index contributed by atoms with van der Waals surface area (Å²) in [4.78, 5) is 11.6. The fourth-order valence-corrected chi connectivity index (χ4v) is 2.84. The molecule has 2 aromatic rings. The van der Waals surface area contributed by atoms with Crippen molar-refractivity contribution in [1.29, 1.82) is 0 Å². The fourth-order valence-electron chi connectivity index (χ4n) is 2.84. The first-order chi connectivity index (χ1) is 8.59. The van der Waals surface area contributed by atoms with E-state index >= 15 is 0 Å². The van der Waals surface area contributed by atoms with Gasteiger partial charge in [0.15, 0.2) is 0 Å². The lowest BCUT2D eigenvalue weighted by atomic mass is 9.76. The zero-order chi connectivity index (χ0) is 12.8. The van der Waals surface area contributed by atoms with Crippen molar-refractivity contribution >= 4 is 16.7 Å². The van der Waals surface area contributed by atoms with Gasteiger partial charge in [0.05, 0.1) is 0 Å². The summed E-state index contributed by atoms with van der Waals surface area (Å²) in [5, 5.41) is 5.50. The van der Waals surface area contributed by atoms with Gasteiger partial charge in [-0.2, -0.15) is 0 Å². The Morgan fingerprint density at radius 1 is 1.17 bits per heavy atom. The summed E-state index contributed by atoms with van der Waals surface area (Å²) in [7, 11) is 0. The summed E-state index contributed by atoms with van der Waals surface area (Å²) in [6.45, 7) is 4.25. The first-order valence-electron chi connectivity index (χ1n) is 6.38. The quantitative estimate of drug-likeness (QED) is 0.814. The maximum absolute atomic E-state index is 11.6. The largest absolute Gasteiger partial charge is 0.353 e. The average molecular weight is 239 g/mol. The molecule has 1 aliphatic heterocycles. The molecule has 1 N–H and O–H groups in total. The number of benzene rings is 2. The van der Waals surface area contributed by atoms with E-state index < -0.39 is 0 Å². The van der Waals surface area contributed by atoms with Crippen LogP contribution in [0.5, 0.6) is 0 Å². The molecule has 0 aliphatic carbocycles. The molecular weight excluding hydrogens is 222 g/mol. The van der Waals surface area contributed by atoms with Crippen LogP contribution in [0.2, 0.25) is 0 Å². The van der Waals surface area contributed by atoms with E-state index in [1.54, 1.807) is 0 Å². The third-order valence-corrected chi connectivity index (χ3v) is 4.27. The van der Waals surface area contributed by atoms with E-state index in [1.165, 1.54) is 16.3 Å². The van der Waals surface area contributed by atoms with Gasteiger partial charge in [-0.25, -0.2) is 0 Å². The van der Waals surface area contributed by atoms with Gasteiger partial charge >= 0.3 is 0 Å². The minimum absolute atomic E-state index is 0.0961. The van der Waals surface area contributed by atoms with Gasteiger partial charge in [0, 0.05) is 17.9 Å². The highest BCUT2D eigenvalue weighted by Crippen LogP contribution is 2.36. The number of hydrogen-bond acceptors (Lipinski definition) is 1. The van der Waals surface area contributed by atoms with Crippen molar-refractivity contribution in [3.63, 3.8) is 0 Å². The third-order valence-electron chi connectivity index (χ3n) is 4.27. The highest BCUT2D eigenvalue weighted by atomic mass is 16.2. The predicted molar refractivity (Wildman–Crippen MR) is 73.5 cm³/mol. The molecule has 92 valence electrons. The highest BCUT2D eigenvalue weighted by Gasteiger charge is 2.41. The van der Waals surface area contributed by atoms with Crippen molar-refractivity contribution in [3.8, 4) is 0 Å². The summed E-state index contributed by atoms with van der Waals surface area (Å²) in [5.74, 6) is 0.151. The van der Waals surface area contributed by atoms with Crippen LogP contribution < -0.4 is 5.32 Å². The van der Waals surface area contributed by atoms with Crippen molar-refractivity contribution in [3.05, 3.63) is 48.0 Å². The predicted octanol–water partition coefficient (Wildman–Crippen LogP) is 3.01. The van der Waals surface area contributed by atoms with E-state index in [4.69, 9.17) is 0 Å². The molecule has 2 unspecified atom stereocenters. The number of carbonyl (C=O) groups excluding carboxylic acids is 1. The van der Waals surface area contributed by atoms with E-state index in [0.29, 0.717) is 6.42 Å². The van der Waals surface area contributed by atoms with Gasteiger partial charge in [0.1, 0.15) is 0 Å². The zero-order valence-corrected chi connectivity index (χ0v) is 10.7. The Labute approximate surface area is 107 Å². The molecule has 2 atom stereocenters. The van der Waals surface area contributed by atoms with Crippen molar-refractivity contribution in [2.24, 2.45) is 0 Å². The molecular formula is C16H17NO. The second-order valence-corrected chi connectivity index (χ2v) is 5.45. The third kappa shape index (κ3) is 1.60. The molecule has 18 heavy (non-hydrogen) atoms. The van der Waals surface area contributed by atoms with Gasteiger partial charge in [0.25, 0.3) is 0 Å². The highest BCUT2D eigenvalue weighted by molar-refractivity contribution is 5.85. The topological polar surface area (TPSA) is 29.1 Å². The number of rotatable bonds is 1. The summed E-state index contributed by atoms with van der Waals surface area (Å²) >= 11 is 0. The van der Waals surface area contributed by atoms with Crippen LogP contribution in [-0.4, -0.2) is 11.9 Å². The molecule has 0 saturated carbocycles. The van der Waals surface area contributed by atoms with E-state index in [-0.39, 0.29) is 17.4 Å². The molecule has 0 radical (unpaired) electrons. The van der Waals surface area contributed by atoms with Crippen molar-refractivity contribution < 1.29 is 4.79 Å². The van der Waals surface area contributed by atoms with Gasteiger partial charge in [0.2, 0.25) is 5.91 Å². The minimum Gasteiger partial charge on any atom is -0.353 e. The molecule has 3 rings (SSSR count). The molecule has 0 aromatic heterocycles. The van der Waals surface area contributed by atoms with Crippen molar-refractivity contribution in [2.75, 3.05) is 0 Å². The normalized spacial score (nSPS) is 27.4. The van der Waals surface area contributed by atoms with Crippen molar-refractivity contribution in [2.45, 2.75) is 31.7 Å². The van der Waals surface area contributed by atoms with Crippen molar-refractivity contribution in [1.82, 2.24) is 5.32 Å². The van der Waals surface area contributed by atoms with Crippen LogP contribution in [0.3, 0.4) is 0 Å². The van der Waals surface area contributed by atoms with Crippen LogP contribution in [-0.2, 0) is 10.2 Å². The first kappa shape index (κ1) is 11.3. The lowest BCUT2D eigenvalue weighted by Gasteiger charge is -2.28. The molecule has 0 bridgehead atoms. The van der Waals surface area contributed by atoms with Gasteiger partial charge in [-0.1, -0.05) is 49.4 Å². The van der Waals surface area contributed by atoms with Gasteiger partial charge < -0.3 is 5.32 Å². The van der Waals surface area contributed by atoms with Crippen LogP contribution in [0.25, 0.3) is 10.8 Å². The number of nitrogens with one attached hydrogen (secondary N) is 1. The van der Waals surface area contributed by atoms with Gasteiger partial charge in [-0.05, 0) is 23.3 Å². The monoisotopic (exact) mass is 239 g/mol. The summed E-state index contributed by atoms with van der Waals surface area (Å²) in [5.41, 5.74) is 1.15. The molecule has 1 heterocycles. The molecule has 2 nitrogen and oxygen atoms in total. The van der Waals surface area contributed by atoms with E-state index in [9.17, 15) is 4.79 Å². The standard InChI is InChI=1S/C16H17NO/c1-11-16(2,10-15(18)17-11)14-8-7-12-5-3-4-6-13(12)9-14/h3-9,11H,10H2,1-2H3,(H,17,18). The second kappa shape index (κ2) is 3.84. The Bertz CT molecular complexity index is 619. The van der Waals surface area contributed by atoms with E-state index in [1.807, 2.05) is 6.07 Å². The van der Waals surface area contributed by atoms with Gasteiger partial charge in [-0.15, -0.1) is 0 Å². The summed E-state index contributed by atoms with van der Waals surface area (Å²) in [6.07, 6.45) is 0.576. The Balaban J connectivity index is 2.11. The molecule has 1 amide bonds. The van der Waals surface area contributed by atoms with Gasteiger partial charge in [-0.3, -0.25) is 4.79 Å². The lowest BCUT2D eigenvalue weighted by molar-refractivity contribution is -0.119. The lowest BCUT2D eigenvalue weighted by Crippen LogP contribution is -2.35. The molecule has 2 aromatic carbocycles. The van der Waals surface area contributed by atoms with Crippen LogP contribution in [0.1, 0.15) is 25.8 Å². The first-order valence-corrected chi connectivity index (χ1v) is 6.38. The maximum Gasteiger partial charge on any atom is 0.221 e. The molecule has 1 aliphatic rings. The Morgan fingerprint density at radius 2 is 1.89 bits per heavy atom. The summed E-state index contributed by atoms with van der Waals surface area (Å²) in [6, 6.07) is 15.0. The van der Waals surface area contributed by atoms with Crippen LogP contribution in [0, 0.1) is 0 Å². The average Bonchev–Trinajstić information content (AvgIpc) is 2.63. The number of hydrogen-bond donors (Lipinski definition) is 1. The molecule has 2 heteroatoms. The maximum atomic E-state index is 11.6. The SMILES string of the molecule is CC1NC(=O)CC1(C)c1ccc2ccccc2c1. The molecule has 1 saturated heterocycles. The Morgan fingerprint density at radius 3 is 2.56 bits per heavy atom. The van der Waals surface area contributed by atoms with Crippen LogP contribution in [0.4, 0.5) is 0 Å². The van der Waals surface area contributed by atoms with Crippen LogP contribution in [0.15, 0.2) is 42.5 Å². The number of fused-ring (bicyclic) bond motifs is 1. The zero-order valence-electron chi connectivity index (χ0n) is 10.7. The minimum atomic E-state index is -0.0961.